The van der Waals surface area contributed by atoms with Gasteiger partial charge in [-0.2, -0.15) is 0 Å². The van der Waals surface area contributed by atoms with Gasteiger partial charge in [-0.05, 0) is 48.0 Å². The molecule has 1 aromatic heterocycles. The highest BCUT2D eigenvalue weighted by Crippen LogP contribution is 2.23. The Hall–Kier alpha value is -1.26. The summed E-state index contributed by atoms with van der Waals surface area (Å²) in [5.41, 5.74) is 1.22. The SMILES string of the molecule is Cc1ccc(OCC(C)Nc2ncc(Cl)cc2Br)cc1. The van der Waals surface area contributed by atoms with Gasteiger partial charge in [0, 0.05) is 6.20 Å². The topological polar surface area (TPSA) is 34.1 Å². The first-order valence-electron chi connectivity index (χ1n) is 6.31. The largest absolute Gasteiger partial charge is 0.491 e. The van der Waals surface area contributed by atoms with Crippen molar-refractivity contribution >= 4 is 33.3 Å². The lowest BCUT2D eigenvalue weighted by Crippen LogP contribution is -2.24. The third-order valence-corrected chi connectivity index (χ3v) is 3.52. The third-order valence-electron chi connectivity index (χ3n) is 2.71. The van der Waals surface area contributed by atoms with Crippen LogP contribution < -0.4 is 10.1 Å². The number of ether oxygens (including phenoxy) is 1. The van der Waals surface area contributed by atoms with Gasteiger partial charge in [0.05, 0.1) is 15.5 Å². The number of aromatic nitrogens is 1. The van der Waals surface area contributed by atoms with Gasteiger partial charge in [0.15, 0.2) is 0 Å². The molecular weight excluding hydrogens is 340 g/mol. The molecule has 0 aliphatic rings. The van der Waals surface area contributed by atoms with E-state index in [-0.39, 0.29) is 6.04 Å². The maximum Gasteiger partial charge on any atom is 0.140 e. The molecule has 1 heterocycles. The van der Waals surface area contributed by atoms with Crippen LogP contribution in [-0.2, 0) is 0 Å². The molecule has 0 aliphatic heterocycles. The Kier molecular flexibility index (Phi) is 5.26. The zero-order valence-corrected chi connectivity index (χ0v) is 13.7. The van der Waals surface area contributed by atoms with E-state index >= 15 is 0 Å². The van der Waals surface area contributed by atoms with Crippen LogP contribution in [0.15, 0.2) is 41.0 Å². The zero-order chi connectivity index (χ0) is 14.5. The van der Waals surface area contributed by atoms with Crippen LogP contribution in [0.1, 0.15) is 12.5 Å². The number of rotatable bonds is 5. The Bertz CT molecular complexity index is 575. The molecule has 20 heavy (non-hydrogen) atoms. The van der Waals surface area contributed by atoms with E-state index in [0.29, 0.717) is 11.6 Å². The van der Waals surface area contributed by atoms with Gasteiger partial charge in [0.25, 0.3) is 0 Å². The number of aryl methyl sites for hydroxylation is 1. The van der Waals surface area contributed by atoms with Crippen molar-refractivity contribution in [1.29, 1.82) is 0 Å². The predicted molar refractivity (Wildman–Crippen MR) is 86.7 cm³/mol. The highest BCUT2D eigenvalue weighted by atomic mass is 79.9. The minimum atomic E-state index is 0.126. The predicted octanol–water partition coefficient (Wildman–Crippen LogP) is 4.69. The Morgan fingerprint density at radius 3 is 2.70 bits per heavy atom. The van der Waals surface area contributed by atoms with Crippen molar-refractivity contribution in [1.82, 2.24) is 4.98 Å². The van der Waals surface area contributed by atoms with Gasteiger partial charge in [-0.3, -0.25) is 0 Å². The summed E-state index contributed by atoms with van der Waals surface area (Å²) >= 11 is 9.29. The van der Waals surface area contributed by atoms with Crippen molar-refractivity contribution in [3.05, 3.63) is 51.6 Å². The molecule has 0 fully saturated rings. The summed E-state index contributed by atoms with van der Waals surface area (Å²) in [5.74, 6) is 1.63. The molecule has 1 atom stereocenters. The number of anilines is 1. The molecule has 1 aromatic carbocycles. The minimum absolute atomic E-state index is 0.126. The molecule has 0 saturated carbocycles. The molecule has 0 spiro atoms. The standard InChI is InChI=1S/C15H16BrClN2O/c1-10-3-5-13(6-4-10)20-9-11(2)19-15-14(16)7-12(17)8-18-15/h3-8,11H,9H2,1-2H3,(H,18,19). The fraction of sp³-hybridized carbons (Fsp3) is 0.267. The van der Waals surface area contributed by atoms with Crippen LogP contribution in [-0.4, -0.2) is 17.6 Å². The van der Waals surface area contributed by atoms with Crippen LogP contribution in [0.3, 0.4) is 0 Å². The third kappa shape index (κ3) is 4.39. The van der Waals surface area contributed by atoms with Crippen molar-refractivity contribution < 1.29 is 4.74 Å². The van der Waals surface area contributed by atoms with E-state index in [1.165, 1.54) is 5.56 Å². The van der Waals surface area contributed by atoms with E-state index in [9.17, 15) is 0 Å². The molecule has 2 aromatic rings. The maximum absolute atomic E-state index is 5.86. The number of hydrogen-bond donors (Lipinski definition) is 1. The molecule has 106 valence electrons. The van der Waals surface area contributed by atoms with Gasteiger partial charge in [0.1, 0.15) is 18.2 Å². The van der Waals surface area contributed by atoms with Crippen molar-refractivity contribution in [3.8, 4) is 5.75 Å². The van der Waals surface area contributed by atoms with Gasteiger partial charge in [0.2, 0.25) is 0 Å². The van der Waals surface area contributed by atoms with Gasteiger partial charge in [-0.15, -0.1) is 0 Å². The Morgan fingerprint density at radius 1 is 1.35 bits per heavy atom. The van der Waals surface area contributed by atoms with Crippen LogP contribution in [0, 0.1) is 6.92 Å². The minimum Gasteiger partial charge on any atom is -0.491 e. The molecule has 0 aliphatic carbocycles. The average Bonchev–Trinajstić information content (AvgIpc) is 2.41. The number of pyridine rings is 1. The fourth-order valence-electron chi connectivity index (χ4n) is 1.65. The second kappa shape index (κ2) is 6.95. The van der Waals surface area contributed by atoms with Gasteiger partial charge in [-0.1, -0.05) is 29.3 Å². The smallest absolute Gasteiger partial charge is 0.140 e. The molecule has 2 rings (SSSR count). The molecule has 0 saturated heterocycles. The average molecular weight is 356 g/mol. The number of nitrogens with one attached hydrogen (secondary N) is 1. The van der Waals surface area contributed by atoms with E-state index in [1.807, 2.05) is 37.3 Å². The molecule has 0 bridgehead atoms. The lowest BCUT2D eigenvalue weighted by molar-refractivity contribution is 0.303. The van der Waals surface area contributed by atoms with Crippen LogP contribution >= 0.6 is 27.5 Å². The maximum atomic E-state index is 5.86. The van der Waals surface area contributed by atoms with Crippen LogP contribution in [0.5, 0.6) is 5.75 Å². The van der Waals surface area contributed by atoms with Crippen LogP contribution in [0.2, 0.25) is 5.02 Å². The molecule has 1 N–H and O–H groups in total. The monoisotopic (exact) mass is 354 g/mol. The second-order valence-electron chi connectivity index (χ2n) is 4.65. The van der Waals surface area contributed by atoms with Crippen LogP contribution in [0.4, 0.5) is 5.82 Å². The van der Waals surface area contributed by atoms with E-state index in [1.54, 1.807) is 6.20 Å². The second-order valence-corrected chi connectivity index (χ2v) is 5.94. The van der Waals surface area contributed by atoms with Gasteiger partial charge >= 0.3 is 0 Å². The summed E-state index contributed by atoms with van der Waals surface area (Å²) in [7, 11) is 0. The van der Waals surface area contributed by atoms with Gasteiger partial charge in [-0.25, -0.2) is 4.98 Å². The van der Waals surface area contributed by atoms with Crippen molar-refractivity contribution in [2.45, 2.75) is 19.9 Å². The quantitative estimate of drug-likeness (QED) is 0.845. The molecule has 3 nitrogen and oxygen atoms in total. The molecule has 1 unspecified atom stereocenters. The molecule has 0 amide bonds. The summed E-state index contributed by atoms with van der Waals surface area (Å²) in [4.78, 5) is 4.24. The summed E-state index contributed by atoms with van der Waals surface area (Å²) in [6, 6.07) is 9.94. The highest BCUT2D eigenvalue weighted by Gasteiger charge is 2.07. The van der Waals surface area contributed by atoms with Gasteiger partial charge < -0.3 is 10.1 Å². The number of benzene rings is 1. The fourth-order valence-corrected chi connectivity index (χ4v) is 2.40. The number of nitrogens with zero attached hydrogens (tertiary/aromatic N) is 1. The summed E-state index contributed by atoms with van der Waals surface area (Å²) in [5, 5.41) is 3.88. The first-order valence-corrected chi connectivity index (χ1v) is 7.49. The Labute approximate surface area is 132 Å². The van der Waals surface area contributed by atoms with E-state index in [4.69, 9.17) is 16.3 Å². The van der Waals surface area contributed by atoms with Crippen molar-refractivity contribution in [3.63, 3.8) is 0 Å². The van der Waals surface area contributed by atoms with E-state index in [2.05, 4.69) is 33.2 Å². The number of hydrogen-bond acceptors (Lipinski definition) is 3. The number of halogens is 2. The lowest BCUT2D eigenvalue weighted by Gasteiger charge is -2.16. The Balaban J connectivity index is 1.89. The summed E-state index contributed by atoms with van der Waals surface area (Å²) in [6.07, 6.45) is 1.61. The van der Waals surface area contributed by atoms with Crippen molar-refractivity contribution in [2.75, 3.05) is 11.9 Å². The molecular formula is C15H16BrClN2O. The zero-order valence-electron chi connectivity index (χ0n) is 11.4. The molecule has 5 heteroatoms. The summed E-state index contributed by atoms with van der Waals surface area (Å²) in [6.45, 7) is 4.65. The Morgan fingerprint density at radius 2 is 2.05 bits per heavy atom. The first-order chi connectivity index (χ1) is 9.54. The van der Waals surface area contributed by atoms with E-state index < -0.39 is 0 Å². The highest BCUT2D eigenvalue weighted by molar-refractivity contribution is 9.10. The van der Waals surface area contributed by atoms with Crippen LogP contribution in [0.25, 0.3) is 0 Å². The molecule has 0 radical (unpaired) electrons. The first kappa shape index (κ1) is 15.1. The van der Waals surface area contributed by atoms with E-state index in [0.717, 1.165) is 16.0 Å². The lowest BCUT2D eigenvalue weighted by atomic mass is 10.2. The summed E-state index contributed by atoms with van der Waals surface area (Å²) < 4.78 is 6.57. The normalized spacial score (nSPS) is 12.0. The van der Waals surface area contributed by atoms with Crippen molar-refractivity contribution in [2.24, 2.45) is 0 Å².